The number of esters is 1. The van der Waals surface area contributed by atoms with Crippen LogP contribution in [0.2, 0.25) is 0 Å². The predicted molar refractivity (Wildman–Crippen MR) is 102 cm³/mol. The fourth-order valence-corrected chi connectivity index (χ4v) is 2.67. The van der Waals surface area contributed by atoms with Crippen LogP contribution in [0.25, 0.3) is 0 Å². The molecule has 1 heterocycles. The summed E-state index contributed by atoms with van der Waals surface area (Å²) in [7, 11) is 0. The average Bonchev–Trinajstić information content (AvgIpc) is 3.15. The molecule has 28 heavy (non-hydrogen) atoms. The van der Waals surface area contributed by atoms with Gasteiger partial charge in [0, 0.05) is 6.54 Å². The SMILES string of the molecule is CCCn1nnnc1COC(=O)c1ccccc1NC(=O)Cc1ccccc1. The van der Waals surface area contributed by atoms with Crippen LogP contribution in [0, 0.1) is 0 Å². The van der Waals surface area contributed by atoms with Crippen LogP contribution < -0.4 is 5.32 Å². The zero-order valence-corrected chi connectivity index (χ0v) is 15.5. The Kier molecular flexibility index (Phi) is 6.46. The first-order valence-corrected chi connectivity index (χ1v) is 9.02. The van der Waals surface area contributed by atoms with Gasteiger partial charge in [-0.05, 0) is 34.5 Å². The number of hydrogen-bond donors (Lipinski definition) is 1. The van der Waals surface area contributed by atoms with E-state index in [9.17, 15) is 9.59 Å². The Hall–Kier alpha value is -3.55. The first-order valence-electron chi connectivity index (χ1n) is 9.02. The minimum atomic E-state index is -0.554. The van der Waals surface area contributed by atoms with Crippen LogP contribution in [0.4, 0.5) is 5.69 Å². The highest BCUT2D eigenvalue weighted by molar-refractivity contribution is 6.01. The lowest BCUT2D eigenvalue weighted by Gasteiger charge is -2.11. The molecule has 0 aliphatic carbocycles. The van der Waals surface area contributed by atoms with Crippen molar-refractivity contribution in [3.05, 3.63) is 71.5 Å². The minimum absolute atomic E-state index is 0.0435. The second-order valence-corrected chi connectivity index (χ2v) is 6.15. The van der Waals surface area contributed by atoms with Crippen molar-refractivity contribution in [1.29, 1.82) is 0 Å². The summed E-state index contributed by atoms with van der Waals surface area (Å²) in [5.41, 5.74) is 1.57. The van der Waals surface area contributed by atoms with Gasteiger partial charge in [0.25, 0.3) is 0 Å². The van der Waals surface area contributed by atoms with Crippen molar-refractivity contribution >= 4 is 17.6 Å². The van der Waals surface area contributed by atoms with Gasteiger partial charge in [0.15, 0.2) is 12.4 Å². The van der Waals surface area contributed by atoms with Crippen molar-refractivity contribution in [1.82, 2.24) is 20.2 Å². The highest BCUT2D eigenvalue weighted by atomic mass is 16.5. The minimum Gasteiger partial charge on any atom is -0.454 e. The molecule has 8 heteroatoms. The van der Waals surface area contributed by atoms with Crippen molar-refractivity contribution in [3.63, 3.8) is 0 Å². The van der Waals surface area contributed by atoms with Crippen LogP contribution in [0.15, 0.2) is 54.6 Å². The second-order valence-electron chi connectivity index (χ2n) is 6.15. The number of para-hydroxylation sites is 1. The molecule has 0 aliphatic rings. The molecule has 0 aliphatic heterocycles. The number of rotatable bonds is 8. The molecular formula is C20H21N5O3. The van der Waals surface area contributed by atoms with Gasteiger partial charge < -0.3 is 10.1 Å². The van der Waals surface area contributed by atoms with E-state index in [4.69, 9.17) is 4.74 Å². The summed E-state index contributed by atoms with van der Waals surface area (Å²) in [6.45, 7) is 2.61. The van der Waals surface area contributed by atoms with E-state index in [1.807, 2.05) is 37.3 Å². The number of nitrogens with zero attached hydrogens (tertiary/aromatic N) is 4. The third-order valence-corrected chi connectivity index (χ3v) is 4.00. The molecule has 1 aromatic heterocycles. The van der Waals surface area contributed by atoms with Gasteiger partial charge in [-0.2, -0.15) is 0 Å². The van der Waals surface area contributed by atoms with Crippen molar-refractivity contribution < 1.29 is 14.3 Å². The topological polar surface area (TPSA) is 99.0 Å². The van der Waals surface area contributed by atoms with Crippen LogP contribution in [-0.2, 0) is 29.1 Å². The number of hydrogen-bond acceptors (Lipinski definition) is 6. The van der Waals surface area contributed by atoms with Gasteiger partial charge in [-0.1, -0.05) is 49.4 Å². The van der Waals surface area contributed by atoms with E-state index in [2.05, 4.69) is 20.8 Å². The van der Waals surface area contributed by atoms with Crippen LogP contribution >= 0.6 is 0 Å². The molecule has 1 amide bonds. The molecule has 0 unspecified atom stereocenters. The molecule has 2 aromatic carbocycles. The fraction of sp³-hybridized carbons (Fsp3) is 0.250. The Morgan fingerprint density at radius 1 is 1.07 bits per heavy atom. The normalized spacial score (nSPS) is 10.5. The molecule has 0 spiro atoms. The molecular weight excluding hydrogens is 358 g/mol. The maximum Gasteiger partial charge on any atom is 0.340 e. The summed E-state index contributed by atoms with van der Waals surface area (Å²) >= 11 is 0. The smallest absolute Gasteiger partial charge is 0.340 e. The first kappa shape index (κ1) is 19.2. The maximum absolute atomic E-state index is 12.5. The van der Waals surface area contributed by atoms with Crippen LogP contribution in [-0.4, -0.2) is 32.1 Å². The molecule has 144 valence electrons. The zero-order valence-electron chi connectivity index (χ0n) is 15.5. The van der Waals surface area contributed by atoms with Gasteiger partial charge in [0.2, 0.25) is 5.91 Å². The van der Waals surface area contributed by atoms with E-state index in [-0.39, 0.29) is 24.5 Å². The highest BCUT2D eigenvalue weighted by Gasteiger charge is 2.16. The highest BCUT2D eigenvalue weighted by Crippen LogP contribution is 2.17. The molecule has 1 N–H and O–H groups in total. The Bertz CT molecular complexity index is 940. The largest absolute Gasteiger partial charge is 0.454 e. The van der Waals surface area contributed by atoms with Crippen molar-refractivity contribution in [2.45, 2.75) is 32.9 Å². The summed E-state index contributed by atoms with van der Waals surface area (Å²) in [4.78, 5) is 24.8. The number of amides is 1. The number of aromatic nitrogens is 4. The van der Waals surface area contributed by atoms with Crippen LogP contribution in [0.3, 0.4) is 0 Å². The van der Waals surface area contributed by atoms with E-state index in [1.54, 1.807) is 28.9 Å². The summed E-state index contributed by atoms with van der Waals surface area (Å²) in [5, 5.41) is 14.1. The summed E-state index contributed by atoms with van der Waals surface area (Å²) in [6, 6.07) is 16.1. The van der Waals surface area contributed by atoms with Crippen molar-refractivity contribution in [2.75, 3.05) is 5.32 Å². The van der Waals surface area contributed by atoms with Gasteiger partial charge >= 0.3 is 5.97 Å². The second kappa shape index (κ2) is 9.40. The van der Waals surface area contributed by atoms with Gasteiger partial charge in [-0.3, -0.25) is 4.79 Å². The lowest BCUT2D eigenvalue weighted by Crippen LogP contribution is -2.18. The van der Waals surface area contributed by atoms with Gasteiger partial charge in [0.05, 0.1) is 17.7 Å². The molecule has 0 atom stereocenters. The van der Waals surface area contributed by atoms with E-state index in [0.717, 1.165) is 12.0 Å². The number of carbonyl (C=O) groups is 2. The van der Waals surface area contributed by atoms with Crippen molar-refractivity contribution in [2.24, 2.45) is 0 Å². The monoisotopic (exact) mass is 379 g/mol. The number of ether oxygens (including phenoxy) is 1. The average molecular weight is 379 g/mol. The summed E-state index contributed by atoms with van der Waals surface area (Å²) < 4.78 is 6.94. The predicted octanol–water partition coefficient (Wildman–Crippen LogP) is 2.62. The number of anilines is 1. The molecule has 3 rings (SSSR count). The van der Waals surface area contributed by atoms with E-state index in [1.165, 1.54) is 0 Å². The number of nitrogens with one attached hydrogen (secondary N) is 1. The molecule has 8 nitrogen and oxygen atoms in total. The molecule has 0 saturated heterocycles. The number of tetrazole rings is 1. The Labute approximate surface area is 162 Å². The molecule has 0 fully saturated rings. The quantitative estimate of drug-likeness (QED) is 0.604. The van der Waals surface area contributed by atoms with Gasteiger partial charge in [-0.25, -0.2) is 9.48 Å². The number of aryl methyl sites for hydroxylation is 1. The van der Waals surface area contributed by atoms with E-state index in [0.29, 0.717) is 18.1 Å². The van der Waals surface area contributed by atoms with E-state index >= 15 is 0 Å². The molecule has 0 radical (unpaired) electrons. The van der Waals surface area contributed by atoms with Gasteiger partial charge in [0.1, 0.15) is 0 Å². The lowest BCUT2D eigenvalue weighted by molar-refractivity contribution is -0.115. The maximum atomic E-state index is 12.5. The third-order valence-electron chi connectivity index (χ3n) is 4.00. The van der Waals surface area contributed by atoms with Crippen LogP contribution in [0.1, 0.15) is 35.1 Å². The summed E-state index contributed by atoms with van der Waals surface area (Å²) in [5.74, 6) is -0.291. The van der Waals surface area contributed by atoms with E-state index < -0.39 is 5.97 Å². The Morgan fingerprint density at radius 3 is 2.61 bits per heavy atom. The first-order chi connectivity index (χ1) is 13.7. The molecule has 3 aromatic rings. The van der Waals surface area contributed by atoms with Gasteiger partial charge in [-0.15, -0.1) is 5.10 Å². The molecule has 0 saturated carbocycles. The standard InChI is InChI=1S/C20H21N5O3/c1-2-12-25-18(22-23-24-25)14-28-20(27)16-10-6-7-11-17(16)21-19(26)13-15-8-4-3-5-9-15/h3-11H,2,12-14H2,1H3,(H,21,26). The fourth-order valence-electron chi connectivity index (χ4n) is 2.67. The third kappa shape index (κ3) is 5.00. The number of benzene rings is 2. The Balaban J connectivity index is 1.64. The summed E-state index contributed by atoms with van der Waals surface area (Å²) in [6.07, 6.45) is 1.08. The van der Waals surface area contributed by atoms with Crippen LogP contribution in [0.5, 0.6) is 0 Å². The zero-order chi connectivity index (χ0) is 19.8. The molecule has 0 bridgehead atoms. The Morgan fingerprint density at radius 2 is 1.82 bits per heavy atom. The number of carbonyl (C=O) groups excluding carboxylic acids is 2. The van der Waals surface area contributed by atoms with Crippen molar-refractivity contribution in [3.8, 4) is 0 Å². The lowest BCUT2D eigenvalue weighted by atomic mass is 10.1.